The Morgan fingerprint density at radius 3 is 2.29 bits per heavy atom. The number of hydrogen-bond acceptors (Lipinski definition) is 7. The Kier molecular flexibility index (Phi) is 5.14. The van der Waals surface area contributed by atoms with Crippen molar-refractivity contribution in [1.29, 1.82) is 0 Å². The topological polar surface area (TPSA) is 114 Å². The first kappa shape index (κ1) is 21.1. The molecule has 0 saturated carbocycles. The summed E-state index contributed by atoms with van der Waals surface area (Å²) in [7, 11) is 0. The molecule has 5 rings (SSSR count). The molecule has 1 unspecified atom stereocenters. The highest BCUT2D eigenvalue weighted by Crippen LogP contribution is 2.38. The maximum absolute atomic E-state index is 13.2. The predicted octanol–water partition coefficient (Wildman–Crippen LogP) is 4.51. The van der Waals surface area contributed by atoms with Gasteiger partial charge < -0.3 is 14.9 Å². The van der Waals surface area contributed by atoms with Crippen LogP contribution in [-0.2, 0) is 4.79 Å². The molecule has 0 aliphatic heterocycles. The van der Waals surface area contributed by atoms with Crippen LogP contribution in [0.3, 0.4) is 0 Å². The van der Waals surface area contributed by atoms with Crippen molar-refractivity contribution in [2.24, 2.45) is 0 Å². The molecule has 0 radical (unpaired) electrons. The zero-order valence-corrected chi connectivity index (χ0v) is 17.6. The number of carbonyl (C=O) groups is 3. The minimum Gasteiger partial charge on any atom is -0.506 e. The summed E-state index contributed by atoms with van der Waals surface area (Å²) in [6, 6.07) is 18.1. The first-order valence-electron chi connectivity index (χ1n) is 10.4. The number of para-hydroxylation sites is 1. The zero-order valence-electron chi connectivity index (χ0n) is 17.6. The van der Waals surface area contributed by atoms with E-state index in [0.29, 0.717) is 22.0 Å². The SMILES string of the molecule is O=COc1cc(/C=C/c2ccc3c(c2)C(=O)C(c2nc4ccccc4cc2O)C3=O)ccc1O. The van der Waals surface area contributed by atoms with E-state index >= 15 is 0 Å². The Morgan fingerprint density at radius 1 is 0.794 bits per heavy atom. The summed E-state index contributed by atoms with van der Waals surface area (Å²) in [6.07, 6.45) is 3.45. The second-order valence-electron chi connectivity index (χ2n) is 7.83. The van der Waals surface area contributed by atoms with E-state index in [-0.39, 0.29) is 40.5 Å². The number of carbonyl (C=O) groups excluding carboxylic acids is 3. The quantitative estimate of drug-likeness (QED) is 0.261. The number of Topliss-reactive ketones (excluding diaryl/α,β-unsaturated/α-hetero) is 2. The van der Waals surface area contributed by atoms with Crippen molar-refractivity contribution in [2.45, 2.75) is 5.92 Å². The lowest BCUT2D eigenvalue weighted by atomic mass is 9.97. The van der Waals surface area contributed by atoms with Crippen molar-refractivity contribution in [3.8, 4) is 17.2 Å². The average molecular weight is 451 g/mol. The number of aromatic hydroxyl groups is 2. The number of pyridine rings is 1. The van der Waals surface area contributed by atoms with Gasteiger partial charge in [0.15, 0.2) is 23.1 Å². The molecule has 7 nitrogen and oxygen atoms in total. The van der Waals surface area contributed by atoms with Gasteiger partial charge in [0.05, 0.1) is 5.52 Å². The fourth-order valence-electron chi connectivity index (χ4n) is 4.07. The summed E-state index contributed by atoms with van der Waals surface area (Å²) < 4.78 is 4.73. The minimum absolute atomic E-state index is 0.0254. The van der Waals surface area contributed by atoms with Crippen LogP contribution in [0.2, 0.25) is 0 Å². The molecule has 0 amide bonds. The summed E-state index contributed by atoms with van der Waals surface area (Å²) in [5.74, 6) is -2.35. The van der Waals surface area contributed by atoms with E-state index in [1.165, 1.54) is 18.2 Å². The van der Waals surface area contributed by atoms with Crippen LogP contribution in [0.1, 0.15) is 43.5 Å². The summed E-state index contributed by atoms with van der Waals surface area (Å²) in [5, 5.41) is 20.9. The summed E-state index contributed by atoms with van der Waals surface area (Å²) in [5.41, 5.74) is 2.51. The van der Waals surface area contributed by atoms with E-state index in [4.69, 9.17) is 4.74 Å². The number of aromatic nitrogens is 1. The van der Waals surface area contributed by atoms with Gasteiger partial charge in [0.25, 0.3) is 6.47 Å². The van der Waals surface area contributed by atoms with Crippen LogP contribution in [0.4, 0.5) is 0 Å². The third-order valence-electron chi connectivity index (χ3n) is 5.73. The second-order valence-corrected chi connectivity index (χ2v) is 7.83. The molecular weight excluding hydrogens is 434 g/mol. The lowest BCUT2D eigenvalue weighted by Crippen LogP contribution is -2.14. The first-order valence-corrected chi connectivity index (χ1v) is 10.4. The zero-order chi connectivity index (χ0) is 23.8. The van der Waals surface area contributed by atoms with Gasteiger partial charge in [-0.3, -0.25) is 14.4 Å². The highest BCUT2D eigenvalue weighted by Gasteiger charge is 2.42. The van der Waals surface area contributed by atoms with Crippen molar-refractivity contribution in [3.63, 3.8) is 0 Å². The predicted molar refractivity (Wildman–Crippen MR) is 125 cm³/mol. The van der Waals surface area contributed by atoms with Gasteiger partial charge in [-0.25, -0.2) is 4.98 Å². The number of ether oxygens (including phenoxy) is 1. The smallest absolute Gasteiger partial charge is 0.298 e. The summed E-state index contributed by atoms with van der Waals surface area (Å²) in [4.78, 5) is 41.2. The van der Waals surface area contributed by atoms with E-state index in [9.17, 15) is 24.6 Å². The Labute approximate surface area is 193 Å². The van der Waals surface area contributed by atoms with Crippen molar-refractivity contribution in [1.82, 2.24) is 4.98 Å². The molecule has 3 aromatic carbocycles. The number of rotatable bonds is 5. The molecule has 1 aliphatic carbocycles. The Morgan fingerprint density at radius 2 is 1.50 bits per heavy atom. The number of hydrogen-bond donors (Lipinski definition) is 2. The van der Waals surface area contributed by atoms with Gasteiger partial charge in [-0.05, 0) is 41.5 Å². The number of phenolic OH excluding ortho intramolecular Hbond substituents is 1. The monoisotopic (exact) mass is 451 g/mol. The van der Waals surface area contributed by atoms with Crippen molar-refractivity contribution in [3.05, 3.63) is 94.7 Å². The maximum atomic E-state index is 13.2. The maximum Gasteiger partial charge on any atom is 0.298 e. The van der Waals surface area contributed by atoms with Gasteiger partial charge in [-0.15, -0.1) is 0 Å². The van der Waals surface area contributed by atoms with E-state index in [1.54, 1.807) is 54.6 Å². The van der Waals surface area contributed by atoms with Crippen LogP contribution in [0.5, 0.6) is 17.2 Å². The molecule has 166 valence electrons. The van der Waals surface area contributed by atoms with E-state index < -0.39 is 17.5 Å². The lowest BCUT2D eigenvalue weighted by molar-refractivity contribution is -0.120. The largest absolute Gasteiger partial charge is 0.506 e. The number of fused-ring (bicyclic) bond motifs is 2. The van der Waals surface area contributed by atoms with Gasteiger partial charge >= 0.3 is 0 Å². The average Bonchev–Trinajstić information content (AvgIpc) is 3.08. The van der Waals surface area contributed by atoms with Gasteiger partial charge in [0, 0.05) is 16.5 Å². The third-order valence-corrected chi connectivity index (χ3v) is 5.73. The molecule has 2 N–H and O–H groups in total. The van der Waals surface area contributed by atoms with Crippen molar-refractivity contribution >= 4 is 41.1 Å². The third kappa shape index (κ3) is 3.59. The van der Waals surface area contributed by atoms with Crippen LogP contribution in [0, 0.1) is 0 Å². The molecule has 1 atom stereocenters. The molecule has 34 heavy (non-hydrogen) atoms. The molecule has 1 heterocycles. The summed E-state index contributed by atoms with van der Waals surface area (Å²) in [6.45, 7) is 0.226. The number of phenols is 1. The number of nitrogens with zero attached hydrogens (tertiary/aromatic N) is 1. The lowest BCUT2D eigenvalue weighted by Gasteiger charge is -2.10. The van der Waals surface area contributed by atoms with Crippen LogP contribution in [0.15, 0.2) is 66.7 Å². The van der Waals surface area contributed by atoms with Crippen LogP contribution in [0.25, 0.3) is 23.1 Å². The van der Waals surface area contributed by atoms with Crippen molar-refractivity contribution < 1.29 is 29.3 Å². The molecule has 1 aliphatic rings. The second kappa shape index (κ2) is 8.29. The van der Waals surface area contributed by atoms with Crippen LogP contribution >= 0.6 is 0 Å². The molecule has 0 bridgehead atoms. The van der Waals surface area contributed by atoms with E-state index in [1.807, 2.05) is 6.07 Å². The molecule has 4 aromatic rings. The van der Waals surface area contributed by atoms with Gasteiger partial charge in [0.1, 0.15) is 17.4 Å². The fourth-order valence-corrected chi connectivity index (χ4v) is 4.07. The fraction of sp³-hybridized carbons (Fsp3) is 0.0370. The van der Waals surface area contributed by atoms with Gasteiger partial charge in [-0.1, -0.05) is 48.6 Å². The van der Waals surface area contributed by atoms with Crippen molar-refractivity contribution in [2.75, 3.05) is 0 Å². The Hall–Kier alpha value is -4.78. The minimum atomic E-state index is -1.20. The van der Waals surface area contributed by atoms with Gasteiger partial charge in [0.2, 0.25) is 0 Å². The summed E-state index contributed by atoms with van der Waals surface area (Å²) >= 11 is 0. The first-order chi connectivity index (χ1) is 16.5. The molecular formula is C27H17NO6. The number of benzene rings is 3. The van der Waals surface area contributed by atoms with E-state index in [0.717, 1.165) is 0 Å². The van der Waals surface area contributed by atoms with Gasteiger partial charge in [-0.2, -0.15) is 0 Å². The molecule has 1 aromatic heterocycles. The molecule has 0 fully saturated rings. The molecule has 0 saturated heterocycles. The number of ketones is 2. The molecule has 7 heteroatoms. The normalized spacial score (nSPS) is 15.1. The molecule has 0 spiro atoms. The highest BCUT2D eigenvalue weighted by molar-refractivity contribution is 6.30. The highest BCUT2D eigenvalue weighted by atomic mass is 16.5. The van der Waals surface area contributed by atoms with Crippen LogP contribution < -0.4 is 4.74 Å². The standard InChI is InChI=1S/C27H17NO6/c29-14-34-23-12-16(8-10-21(23)30)6-5-15-7-9-18-19(11-15)27(33)24(26(18)32)25-22(31)13-17-3-1-2-4-20(17)28-25/h1-14,24,30-31H/b6-5+. The Balaban J connectivity index is 1.47. The Bertz CT molecular complexity index is 1520. The van der Waals surface area contributed by atoms with Crippen LogP contribution in [-0.4, -0.2) is 33.2 Å². The van der Waals surface area contributed by atoms with E-state index in [2.05, 4.69) is 4.98 Å².